The Kier molecular flexibility index (Phi) is 2.79. The number of nitrogens with zero attached hydrogens (tertiary/aromatic N) is 3. The van der Waals surface area contributed by atoms with Crippen molar-refractivity contribution in [3.63, 3.8) is 0 Å². The van der Waals surface area contributed by atoms with Gasteiger partial charge in [-0.1, -0.05) is 0 Å². The van der Waals surface area contributed by atoms with Crippen LogP contribution in [0.15, 0.2) is 29.8 Å². The lowest BCUT2D eigenvalue weighted by atomic mass is 10.2. The molecule has 2 aromatic heterocycles. The zero-order chi connectivity index (χ0) is 13.4. The van der Waals surface area contributed by atoms with Gasteiger partial charge in [0.15, 0.2) is 5.13 Å². The van der Waals surface area contributed by atoms with Gasteiger partial charge in [0.05, 0.1) is 11.0 Å². The highest BCUT2D eigenvalue weighted by Gasteiger charge is 2.10. The van der Waals surface area contributed by atoms with Crippen molar-refractivity contribution in [3.8, 4) is 0 Å². The van der Waals surface area contributed by atoms with E-state index < -0.39 is 0 Å². The first-order chi connectivity index (χ1) is 9.15. The van der Waals surface area contributed by atoms with Gasteiger partial charge in [0.2, 0.25) is 0 Å². The second-order valence-electron chi connectivity index (χ2n) is 4.21. The number of carbonyl (C=O) groups excluding carboxylic acids is 1. The number of thiazole rings is 1. The largest absolute Gasteiger partial charge is 0.331 e. The summed E-state index contributed by atoms with van der Waals surface area (Å²) in [5, 5.41) is 5.18. The number of nitrogens with one attached hydrogen (secondary N) is 1. The molecule has 0 aliphatic heterocycles. The van der Waals surface area contributed by atoms with Gasteiger partial charge in [0.1, 0.15) is 5.82 Å². The van der Waals surface area contributed by atoms with Crippen molar-refractivity contribution in [1.82, 2.24) is 14.5 Å². The molecule has 0 saturated carbocycles. The van der Waals surface area contributed by atoms with E-state index in [1.165, 1.54) is 11.3 Å². The highest BCUT2D eigenvalue weighted by molar-refractivity contribution is 7.13. The molecule has 0 aliphatic rings. The minimum absolute atomic E-state index is 0.167. The first-order valence-corrected chi connectivity index (χ1v) is 6.67. The van der Waals surface area contributed by atoms with Crippen molar-refractivity contribution in [2.75, 3.05) is 5.32 Å². The van der Waals surface area contributed by atoms with Crippen LogP contribution < -0.4 is 5.32 Å². The third-order valence-corrected chi connectivity index (χ3v) is 3.71. The highest BCUT2D eigenvalue weighted by Crippen LogP contribution is 2.18. The molecule has 5 nitrogen and oxygen atoms in total. The Balaban J connectivity index is 1.95. The van der Waals surface area contributed by atoms with E-state index in [1.54, 1.807) is 18.3 Å². The van der Waals surface area contributed by atoms with E-state index in [4.69, 9.17) is 0 Å². The second-order valence-corrected chi connectivity index (χ2v) is 5.11. The molecule has 6 heteroatoms. The summed E-state index contributed by atoms with van der Waals surface area (Å²) in [6.45, 7) is 1.94. The van der Waals surface area contributed by atoms with Crippen LogP contribution in [-0.2, 0) is 7.05 Å². The average Bonchev–Trinajstić information content (AvgIpc) is 2.99. The molecule has 1 N–H and O–H groups in total. The smallest absolute Gasteiger partial charge is 0.257 e. The van der Waals surface area contributed by atoms with Crippen LogP contribution in [0, 0.1) is 6.92 Å². The molecule has 3 rings (SSSR count). The van der Waals surface area contributed by atoms with Gasteiger partial charge in [-0.15, -0.1) is 11.3 Å². The predicted molar refractivity (Wildman–Crippen MR) is 75.5 cm³/mol. The Hall–Kier alpha value is -2.21. The number of aromatic nitrogens is 3. The maximum atomic E-state index is 12.1. The second kappa shape index (κ2) is 4.47. The molecular formula is C13H12N4OS. The molecule has 0 atom stereocenters. The molecule has 3 aromatic rings. The van der Waals surface area contributed by atoms with Crippen LogP contribution in [0.5, 0.6) is 0 Å². The summed E-state index contributed by atoms with van der Waals surface area (Å²) in [5.74, 6) is 0.757. The molecule has 0 aliphatic carbocycles. The topological polar surface area (TPSA) is 59.8 Å². The average molecular weight is 272 g/mol. The van der Waals surface area contributed by atoms with Crippen LogP contribution in [0.1, 0.15) is 16.2 Å². The van der Waals surface area contributed by atoms with Crippen molar-refractivity contribution in [2.45, 2.75) is 6.92 Å². The predicted octanol–water partition coefficient (Wildman–Crippen LogP) is 2.59. The summed E-state index contributed by atoms with van der Waals surface area (Å²) in [4.78, 5) is 20.5. The number of amides is 1. The Bertz CT molecular complexity index is 745. The molecule has 19 heavy (non-hydrogen) atoms. The number of benzene rings is 1. The molecule has 0 fully saturated rings. The first-order valence-electron chi connectivity index (χ1n) is 5.79. The molecule has 1 amide bonds. The number of aryl methyl sites for hydroxylation is 2. The van der Waals surface area contributed by atoms with Gasteiger partial charge in [0.25, 0.3) is 5.91 Å². The number of rotatable bonds is 2. The quantitative estimate of drug-likeness (QED) is 0.780. The zero-order valence-electron chi connectivity index (χ0n) is 10.5. The summed E-state index contributed by atoms with van der Waals surface area (Å²) in [7, 11) is 1.96. The summed E-state index contributed by atoms with van der Waals surface area (Å²) in [6.07, 6.45) is 1.66. The molecule has 0 saturated heterocycles. The van der Waals surface area contributed by atoms with Crippen LogP contribution in [0.4, 0.5) is 5.13 Å². The lowest BCUT2D eigenvalue weighted by Crippen LogP contribution is -2.11. The molecule has 96 valence electrons. The van der Waals surface area contributed by atoms with Crippen molar-refractivity contribution in [2.24, 2.45) is 7.05 Å². The molecule has 2 heterocycles. The van der Waals surface area contributed by atoms with E-state index in [2.05, 4.69) is 15.3 Å². The van der Waals surface area contributed by atoms with E-state index in [1.807, 2.05) is 30.0 Å². The molecule has 0 spiro atoms. The van der Waals surface area contributed by atoms with Gasteiger partial charge < -0.3 is 4.57 Å². The number of fused-ring (bicyclic) bond motifs is 1. The van der Waals surface area contributed by atoms with Crippen LogP contribution in [-0.4, -0.2) is 20.4 Å². The van der Waals surface area contributed by atoms with Crippen LogP contribution >= 0.6 is 11.3 Å². The van der Waals surface area contributed by atoms with Gasteiger partial charge >= 0.3 is 0 Å². The van der Waals surface area contributed by atoms with Gasteiger partial charge in [-0.2, -0.15) is 0 Å². The third kappa shape index (κ3) is 2.10. The zero-order valence-corrected chi connectivity index (χ0v) is 11.4. The van der Waals surface area contributed by atoms with E-state index in [9.17, 15) is 4.79 Å². The maximum absolute atomic E-state index is 12.1. The number of hydrogen-bond donors (Lipinski definition) is 1. The standard InChI is InChI=1S/C13H12N4OS/c1-8-15-10-7-9(3-4-11(10)17(8)2)12(18)16-13-14-5-6-19-13/h3-7H,1-2H3,(H,14,16,18). The SMILES string of the molecule is Cc1nc2cc(C(=O)Nc3nccs3)ccc2n1C. The first kappa shape index (κ1) is 11.9. The highest BCUT2D eigenvalue weighted by atomic mass is 32.1. The van der Waals surface area contributed by atoms with E-state index >= 15 is 0 Å². The lowest BCUT2D eigenvalue weighted by Gasteiger charge is -2.02. The summed E-state index contributed by atoms with van der Waals surface area (Å²) < 4.78 is 2.00. The van der Waals surface area contributed by atoms with E-state index in [-0.39, 0.29) is 5.91 Å². The van der Waals surface area contributed by atoms with Gasteiger partial charge in [-0.05, 0) is 25.1 Å². The Morgan fingerprint density at radius 2 is 2.26 bits per heavy atom. The van der Waals surface area contributed by atoms with Crippen LogP contribution in [0.3, 0.4) is 0 Å². The van der Waals surface area contributed by atoms with Crippen molar-refractivity contribution < 1.29 is 4.79 Å². The number of carbonyl (C=O) groups is 1. The number of imidazole rings is 1. The van der Waals surface area contributed by atoms with Crippen molar-refractivity contribution in [1.29, 1.82) is 0 Å². The van der Waals surface area contributed by atoms with Crippen LogP contribution in [0.2, 0.25) is 0 Å². The van der Waals surface area contributed by atoms with Gasteiger partial charge in [0, 0.05) is 24.2 Å². The molecule has 1 aromatic carbocycles. The summed E-state index contributed by atoms with van der Waals surface area (Å²) in [6, 6.07) is 5.50. The third-order valence-electron chi connectivity index (χ3n) is 3.02. The van der Waals surface area contributed by atoms with Crippen LogP contribution in [0.25, 0.3) is 11.0 Å². The summed E-state index contributed by atoms with van der Waals surface area (Å²) in [5.41, 5.74) is 2.43. The molecule has 0 unspecified atom stereocenters. The summed E-state index contributed by atoms with van der Waals surface area (Å²) >= 11 is 1.39. The number of anilines is 1. The van der Waals surface area contributed by atoms with E-state index in [0.29, 0.717) is 10.7 Å². The van der Waals surface area contributed by atoms with Crippen molar-refractivity contribution >= 4 is 33.4 Å². The van der Waals surface area contributed by atoms with Crippen molar-refractivity contribution in [3.05, 3.63) is 41.2 Å². The molecule has 0 radical (unpaired) electrons. The minimum atomic E-state index is -0.167. The fourth-order valence-corrected chi connectivity index (χ4v) is 2.44. The monoisotopic (exact) mass is 272 g/mol. The molecular weight excluding hydrogens is 260 g/mol. The van der Waals surface area contributed by atoms with Gasteiger partial charge in [-0.25, -0.2) is 9.97 Å². The van der Waals surface area contributed by atoms with Gasteiger partial charge in [-0.3, -0.25) is 10.1 Å². The van der Waals surface area contributed by atoms with E-state index in [0.717, 1.165) is 16.9 Å². The Morgan fingerprint density at radius 3 is 3.00 bits per heavy atom. The fourth-order valence-electron chi connectivity index (χ4n) is 1.92. The normalized spacial score (nSPS) is 10.8. The minimum Gasteiger partial charge on any atom is -0.331 e. The lowest BCUT2D eigenvalue weighted by molar-refractivity contribution is 0.102. The fraction of sp³-hybridized carbons (Fsp3) is 0.154. The maximum Gasteiger partial charge on any atom is 0.257 e. The molecule has 0 bridgehead atoms. The Morgan fingerprint density at radius 1 is 1.42 bits per heavy atom. The Labute approximate surface area is 113 Å². The number of hydrogen-bond acceptors (Lipinski definition) is 4.